The van der Waals surface area contributed by atoms with Crippen LogP contribution < -0.4 is 4.74 Å². The lowest BCUT2D eigenvalue weighted by Gasteiger charge is -2.40. The van der Waals surface area contributed by atoms with Crippen LogP contribution in [0.4, 0.5) is 4.39 Å². The molecule has 0 saturated carbocycles. The summed E-state index contributed by atoms with van der Waals surface area (Å²) in [6.07, 6.45) is 0. The van der Waals surface area contributed by atoms with Gasteiger partial charge < -0.3 is 4.74 Å². The number of ether oxygens (including phenoxy) is 1. The molecule has 4 rings (SSSR count). The zero-order valence-corrected chi connectivity index (χ0v) is 16.7. The molecule has 7 heteroatoms. The molecule has 0 radical (unpaired) electrons. The summed E-state index contributed by atoms with van der Waals surface area (Å²) in [6, 6.07) is 7.39. The van der Waals surface area contributed by atoms with Crippen molar-refractivity contribution in [2.45, 2.75) is 43.5 Å². The monoisotopic (exact) mass is 407 g/mol. The van der Waals surface area contributed by atoms with Gasteiger partial charge in [0, 0.05) is 23.0 Å². The average molecular weight is 408 g/mol. The molecule has 0 bridgehead atoms. The smallest absolute Gasteiger partial charge is 0.330 e. The first-order valence-corrected chi connectivity index (χ1v) is 10.3. The third-order valence-corrected chi connectivity index (χ3v) is 7.17. The summed E-state index contributed by atoms with van der Waals surface area (Å²) in [5.74, 6) is -1.08. The van der Waals surface area contributed by atoms with Crippen molar-refractivity contribution in [1.82, 2.24) is 4.31 Å². The minimum absolute atomic E-state index is 0.0279. The Morgan fingerprint density at radius 3 is 2.74 bits per heavy atom. The summed E-state index contributed by atoms with van der Waals surface area (Å²) >= 11 is 6.08. The molecular weight excluding hydrogens is 389 g/mol. The molecule has 2 aliphatic heterocycles. The molecule has 0 aromatic heterocycles. The van der Waals surface area contributed by atoms with Crippen molar-refractivity contribution < 1.29 is 18.1 Å². The molecule has 4 unspecified atom stereocenters. The lowest BCUT2D eigenvalue weighted by atomic mass is 9.88. The lowest BCUT2D eigenvalue weighted by Crippen LogP contribution is -2.52. The van der Waals surface area contributed by atoms with E-state index in [-0.39, 0.29) is 11.7 Å². The summed E-state index contributed by atoms with van der Waals surface area (Å²) in [6.45, 7) is 5.95. The van der Waals surface area contributed by atoms with Gasteiger partial charge in [0.2, 0.25) is 0 Å². The van der Waals surface area contributed by atoms with Gasteiger partial charge in [-0.3, -0.25) is 0 Å². The van der Waals surface area contributed by atoms with Crippen molar-refractivity contribution in [3.63, 3.8) is 0 Å². The van der Waals surface area contributed by atoms with Crippen molar-refractivity contribution in [3.05, 3.63) is 57.9 Å². The molecule has 2 aliphatic rings. The van der Waals surface area contributed by atoms with Gasteiger partial charge in [0.15, 0.2) is 0 Å². The second kappa shape index (κ2) is 6.69. The maximum Gasteiger partial charge on any atom is 0.330 e. The fraction of sp³-hybridized carbons (Fsp3) is 0.350. The van der Waals surface area contributed by atoms with Crippen LogP contribution >= 0.6 is 11.6 Å². The Hall–Kier alpha value is -1.76. The predicted molar refractivity (Wildman–Crippen MR) is 102 cm³/mol. The summed E-state index contributed by atoms with van der Waals surface area (Å²) in [4.78, 5) is 13.4. The third kappa shape index (κ3) is 2.91. The standard InChI is InChI=1S/C20H19ClFNO3S/c1-10-4-6-15(22)17-12(3)18(20(24)26-19(10)17)23-9-11(2)14-8-13(21)5-7-16(14)27(23)25/h4-8,11-12,18H,9H2,1-3H3. The van der Waals surface area contributed by atoms with E-state index in [0.29, 0.717) is 27.6 Å². The summed E-state index contributed by atoms with van der Waals surface area (Å²) in [5.41, 5.74) is 1.99. The summed E-state index contributed by atoms with van der Waals surface area (Å²) in [5, 5.41) is 0.586. The highest BCUT2D eigenvalue weighted by Crippen LogP contribution is 2.43. The summed E-state index contributed by atoms with van der Waals surface area (Å²) in [7, 11) is -1.56. The molecule has 142 valence electrons. The van der Waals surface area contributed by atoms with Gasteiger partial charge in [0.05, 0.1) is 4.90 Å². The highest BCUT2D eigenvalue weighted by atomic mass is 35.5. The van der Waals surface area contributed by atoms with E-state index in [1.807, 2.05) is 13.0 Å². The molecule has 2 aromatic rings. The van der Waals surface area contributed by atoms with Gasteiger partial charge in [0.1, 0.15) is 28.6 Å². The highest BCUT2D eigenvalue weighted by molar-refractivity contribution is 7.82. The number of esters is 1. The minimum Gasteiger partial charge on any atom is -0.425 e. The molecule has 2 aromatic carbocycles. The highest BCUT2D eigenvalue weighted by Gasteiger charge is 2.45. The maximum atomic E-state index is 14.5. The van der Waals surface area contributed by atoms with Gasteiger partial charge in [-0.15, -0.1) is 0 Å². The van der Waals surface area contributed by atoms with E-state index < -0.39 is 34.7 Å². The van der Waals surface area contributed by atoms with E-state index in [2.05, 4.69) is 0 Å². The summed E-state index contributed by atoms with van der Waals surface area (Å²) < 4.78 is 34.9. The second-order valence-corrected chi connectivity index (χ2v) is 9.04. The molecule has 0 spiro atoms. The van der Waals surface area contributed by atoms with E-state index in [9.17, 15) is 13.4 Å². The average Bonchev–Trinajstić information content (AvgIpc) is 2.62. The molecule has 0 amide bonds. The number of carbonyl (C=O) groups is 1. The van der Waals surface area contributed by atoms with Crippen molar-refractivity contribution in [1.29, 1.82) is 0 Å². The maximum absolute atomic E-state index is 14.5. The van der Waals surface area contributed by atoms with Crippen LogP contribution in [0.15, 0.2) is 35.2 Å². The van der Waals surface area contributed by atoms with E-state index in [1.165, 1.54) is 6.07 Å². The van der Waals surface area contributed by atoms with Crippen molar-refractivity contribution in [2.75, 3.05) is 6.54 Å². The van der Waals surface area contributed by atoms with Gasteiger partial charge in [-0.25, -0.2) is 17.7 Å². The Morgan fingerprint density at radius 1 is 1.26 bits per heavy atom. The molecule has 0 saturated heterocycles. The van der Waals surface area contributed by atoms with Crippen molar-refractivity contribution >= 4 is 28.6 Å². The van der Waals surface area contributed by atoms with Crippen LogP contribution in [-0.4, -0.2) is 27.1 Å². The van der Waals surface area contributed by atoms with Crippen molar-refractivity contribution in [3.8, 4) is 5.75 Å². The zero-order chi connectivity index (χ0) is 19.5. The fourth-order valence-corrected chi connectivity index (χ4v) is 5.89. The Bertz CT molecular complexity index is 980. The third-order valence-electron chi connectivity index (χ3n) is 5.38. The number of hydrogen-bond acceptors (Lipinski definition) is 3. The minimum atomic E-state index is -1.56. The molecule has 0 aliphatic carbocycles. The number of benzene rings is 2. The number of nitrogens with zero attached hydrogens (tertiary/aromatic N) is 1. The Balaban J connectivity index is 1.77. The van der Waals surface area contributed by atoms with Crippen LogP contribution in [0.25, 0.3) is 0 Å². The van der Waals surface area contributed by atoms with Crippen LogP contribution in [0, 0.1) is 12.7 Å². The first-order chi connectivity index (χ1) is 12.8. The quantitative estimate of drug-likeness (QED) is 0.522. The lowest BCUT2D eigenvalue weighted by molar-refractivity contribution is -0.140. The van der Waals surface area contributed by atoms with Gasteiger partial charge in [-0.05, 0) is 48.2 Å². The Kier molecular flexibility index (Phi) is 4.61. The van der Waals surface area contributed by atoms with Gasteiger partial charge >= 0.3 is 5.97 Å². The topological polar surface area (TPSA) is 46.6 Å². The SMILES string of the molecule is Cc1ccc(F)c2c1OC(=O)C(N1CC(C)c3cc(Cl)ccc3S1=O)C2C. The molecule has 27 heavy (non-hydrogen) atoms. The van der Waals surface area contributed by atoms with Crippen LogP contribution in [0.5, 0.6) is 5.75 Å². The number of fused-ring (bicyclic) bond motifs is 2. The number of halogens is 2. The van der Waals surface area contributed by atoms with E-state index >= 15 is 0 Å². The normalized spacial score (nSPS) is 27.7. The Morgan fingerprint density at radius 2 is 2.00 bits per heavy atom. The molecule has 4 nitrogen and oxygen atoms in total. The molecule has 2 heterocycles. The van der Waals surface area contributed by atoms with Crippen molar-refractivity contribution in [2.24, 2.45) is 0 Å². The van der Waals surface area contributed by atoms with Crippen LogP contribution in [-0.2, 0) is 15.8 Å². The molecule has 0 fully saturated rings. The van der Waals surface area contributed by atoms with Crippen LogP contribution in [0.3, 0.4) is 0 Å². The van der Waals surface area contributed by atoms with E-state index in [0.717, 1.165) is 5.56 Å². The molecule has 4 atom stereocenters. The number of rotatable bonds is 1. The molecular formula is C20H19ClFNO3S. The van der Waals surface area contributed by atoms with Crippen LogP contribution in [0.2, 0.25) is 5.02 Å². The fourth-order valence-electron chi connectivity index (χ4n) is 3.98. The predicted octanol–water partition coefficient (Wildman–Crippen LogP) is 4.32. The van der Waals surface area contributed by atoms with E-state index in [1.54, 1.807) is 36.4 Å². The largest absolute Gasteiger partial charge is 0.425 e. The van der Waals surface area contributed by atoms with Gasteiger partial charge in [-0.2, -0.15) is 0 Å². The number of hydrogen-bond donors (Lipinski definition) is 0. The molecule has 0 N–H and O–H groups in total. The van der Waals surface area contributed by atoms with Gasteiger partial charge in [-0.1, -0.05) is 31.5 Å². The second-order valence-electron chi connectivity index (χ2n) is 7.19. The first kappa shape index (κ1) is 18.6. The van der Waals surface area contributed by atoms with Crippen LogP contribution in [0.1, 0.15) is 42.4 Å². The zero-order valence-electron chi connectivity index (χ0n) is 15.2. The Labute approximate surface area is 164 Å². The first-order valence-electron chi connectivity index (χ1n) is 8.78. The van der Waals surface area contributed by atoms with E-state index in [4.69, 9.17) is 16.3 Å². The number of carbonyl (C=O) groups excluding carboxylic acids is 1. The van der Waals surface area contributed by atoms with Gasteiger partial charge in [0.25, 0.3) is 0 Å². The number of aryl methyl sites for hydroxylation is 1.